The predicted octanol–water partition coefficient (Wildman–Crippen LogP) is 2.62. The van der Waals surface area contributed by atoms with E-state index in [1.165, 1.54) is 12.8 Å². The van der Waals surface area contributed by atoms with Crippen molar-refractivity contribution in [2.75, 3.05) is 26.7 Å². The summed E-state index contributed by atoms with van der Waals surface area (Å²) in [6, 6.07) is 8.10. The molecule has 2 aliphatic heterocycles. The van der Waals surface area contributed by atoms with Crippen molar-refractivity contribution in [3.63, 3.8) is 0 Å². The van der Waals surface area contributed by atoms with Gasteiger partial charge < -0.3 is 14.5 Å². The van der Waals surface area contributed by atoms with Crippen molar-refractivity contribution in [2.24, 2.45) is 11.8 Å². The van der Waals surface area contributed by atoms with Crippen LogP contribution in [0.2, 0.25) is 0 Å². The van der Waals surface area contributed by atoms with E-state index in [9.17, 15) is 9.59 Å². The minimum atomic E-state index is -0.169. The summed E-state index contributed by atoms with van der Waals surface area (Å²) >= 11 is 0. The molecule has 2 heterocycles. The Morgan fingerprint density at radius 2 is 2.12 bits per heavy atom. The highest BCUT2D eigenvalue weighted by atomic mass is 16.5. The molecule has 5 nitrogen and oxygen atoms in total. The van der Waals surface area contributed by atoms with Crippen molar-refractivity contribution >= 4 is 11.8 Å². The zero-order valence-corrected chi connectivity index (χ0v) is 14.8. The van der Waals surface area contributed by atoms with Gasteiger partial charge in [-0.3, -0.25) is 9.59 Å². The topological polar surface area (TPSA) is 49.9 Å². The molecule has 0 aromatic heterocycles. The summed E-state index contributed by atoms with van der Waals surface area (Å²) in [6.45, 7) is 2.24. The Kier molecular flexibility index (Phi) is 4.40. The van der Waals surface area contributed by atoms with Gasteiger partial charge in [0.25, 0.3) is 0 Å². The van der Waals surface area contributed by atoms with E-state index in [1.807, 2.05) is 28.0 Å². The van der Waals surface area contributed by atoms with E-state index in [2.05, 4.69) is 6.07 Å². The molecule has 1 aromatic carbocycles. The van der Waals surface area contributed by atoms with E-state index in [0.717, 1.165) is 37.2 Å². The number of nitrogens with zero attached hydrogens (tertiary/aromatic N) is 2. The summed E-state index contributed by atoms with van der Waals surface area (Å²) < 4.78 is 5.33. The van der Waals surface area contributed by atoms with E-state index in [-0.39, 0.29) is 23.8 Å². The van der Waals surface area contributed by atoms with Crippen LogP contribution in [0.4, 0.5) is 0 Å². The Hall–Kier alpha value is -2.04. The van der Waals surface area contributed by atoms with Crippen molar-refractivity contribution in [3.8, 4) is 5.75 Å². The molecule has 25 heavy (non-hydrogen) atoms. The van der Waals surface area contributed by atoms with Gasteiger partial charge in [-0.1, -0.05) is 12.1 Å². The van der Waals surface area contributed by atoms with Crippen LogP contribution in [0.5, 0.6) is 5.75 Å². The fourth-order valence-electron chi connectivity index (χ4n) is 4.19. The molecule has 0 N–H and O–H groups in total. The molecule has 3 fully saturated rings. The zero-order valence-electron chi connectivity index (χ0n) is 14.8. The fraction of sp³-hybridized carbons (Fsp3) is 0.600. The van der Waals surface area contributed by atoms with Crippen LogP contribution in [0.3, 0.4) is 0 Å². The van der Waals surface area contributed by atoms with Crippen molar-refractivity contribution in [2.45, 2.75) is 38.1 Å². The quantitative estimate of drug-likeness (QED) is 0.826. The number of benzene rings is 1. The van der Waals surface area contributed by atoms with E-state index in [4.69, 9.17) is 4.74 Å². The minimum absolute atomic E-state index is 0.107. The summed E-state index contributed by atoms with van der Waals surface area (Å²) in [6.07, 6.45) is 4.83. The molecule has 2 atom stereocenters. The van der Waals surface area contributed by atoms with Crippen LogP contribution in [0.25, 0.3) is 0 Å². The highest BCUT2D eigenvalue weighted by Crippen LogP contribution is 2.37. The van der Waals surface area contributed by atoms with Crippen LogP contribution in [0.15, 0.2) is 24.3 Å². The normalized spacial score (nSPS) is 26.4. The molecule has 4 rings (SSSR count). The van der Waals surface area contributed by atoms with Gasteiger partial charge in [-0.05, 0) is 49.3 Å². The van der Waals surface area contributed by atoms with Crippen LogP contribution < -0.4 is 4.74 Å². The number of hydrogen-bond acceptors (Lipinski definition) is 3. The summed E-state index contributed by atoms with van der Waals surface area (Å²) in [5, 5.41) is 0. The molecule has 1 aromatic rings. The Bertz CT molecular complexity index is 671. The summed E-state index contributed by atoms with van der Waals surface area (Å²) in [7, 11) is 1.66. The van der Waals surface area contributed by atoms with Crippen LogP contribution in [0.1, 0.15) is 43.7 Å². The first-order chi connectivity index (χ1) is 12.2. The second kappa shape index (κ2) is 6.70. The standard InChI is InChI=1S/C20H26N2O3/c1-25-17-5-2-4-15(10-17)18-6-3-9-22(18)20(24)16-11-19(23)21(13-16)12-14-7-8-14/h2,4-5,10,14,16,18H,3,6-9,11-13H2,1H3/t16-,18-/m0/s1. The van der Waals surface area contributed by atoms with Crippen LogP contribution >= 0.6 is 0 Å². The smallest absolute Gasteiger partial charge is 0.228 e. The Morgan fingerprint density at radius 3 is 2.88 bits per heavy atom. The van der Waals surface area contributed by atoms with Gasteiger partial charge in [-0.15, -0.1) is 0 Å². The Morgan fingerprint density at radius 1 is 1.28 bits per heavy atom. The first-order valence-electron chi connectivity index (χ1n) is 9.38. The maximum absolute atomic E-state index is 13.1. The average Bonchev–Trinajstić information content (AvgIpc) is 3.17. The second-order valence-electron chi connectivity index (χ2n) is 7.61. The molecule has 2 amide bonds. The number of methoxy groups -OCH3 is 1. The first-order valence-corrected chi connectivity index (χ1v) is 9.38. The lowest BCUT2D eigenvalue weighted by molar-refractivity contribution is -0.136. The number of likely N-dealkylation sites (tertiary alicyclic amines) is 2. The van der Waals surface area contributed by atoms with Crippen molar-refractivity contribution in [1.29, 1.82) is 0 Å². The zero-order chi connectivity index (χ0) is 17.4. The van der Waals surface area contributed by atoms with Crippen LogP contribution in [0, 0.1) is 11.8 Å². The van der Waals surface area contributed by atoms with E-state index in [1.54, 1.807) is 7.11 Å². The van der Waals surface area contributed by atoms with Gasteiger partial charge in [-0.25, -0.2) is 0 Å². The van der Waals surface area contributed by atoms with E-state index in [0.29, 0.717) is 18.9 Å². The van der Waals surface area contributed by atoms with Gasteiger partial charge in [0.1, 0.15) is 5.75 Å². The lowest BCUT2D eigenvalue weighted by atomic mass is 10.0. The Labute approximate surface area is 148 Å². The molecule has 2 saturated heterocycles. The maximum Gasteiger partial charge on any atom is 0.228 e. The molecule has 0 radical (unpaired) electrons. The van der Waals surface area contributed by atoms with Gasteiger partial charge in [-0.2, -0.15) is 0 Å². The fourth-order valence-corrected chi connectivity index (χ4v) is 4.19. The van der Waals surface area contributed by atoms with Crippen molar-refractivity contribution in [3.05, 3.63) is 29.8 Å². The van der Waals surface area contributed by atoms with Crippen LogP contribution in [-0.2, 0) is 9.59 Å². The minimum Gasteiger partial charge on any atom is -0.497 e. The Balaban J connectivity index is 1.46. The molecule has 134 valence electrons. The van der Waals surface area contributed by atoms with E-state index < -0.39 is 0 Å². The lowest BCUT2D eigenvalue weighted by Gasteiger charge is -2.28. The molecular weight excluding hydrogens is 316 g/mol. The number of carbonyl (C=O) groups excluding carboxylic acids is 2. The SMILES string of the molecule is COc1cccc([C@@H]2CCCN2C(=O)[C@H]2CC(=O)N(CC3CC3)C2)c1. The summed E-state index contributed by atoms with van der Waals surface area (Å²) in [4.78, 5) is 29.2. The third-order valence-electron chi connectivity index (χ3n) is 5.75. The van der Waals surface area contributed by atoms with Gasteiger partial charge >= 0.3 is 0 Å². The van der Waals surface area contributed by atoms with Crippen LogP contribution in [-0.4, -0.2) is 48.4 Å². The third-order valence-corrected chi connectivity index (χ3v) is 5.75. The number of ether oxygens (including phenoxy) is 1. The average molecular weight is 342 g/mol. The molecular formula is C20H26N2O3. The van der Waals surface area contributed by atoms with Crippen molar-refractivity contribution in [1.82, 2.24) is 9.80 Å². The third kappa shape index (κ3) is 3.37. The summed E-state index contributed by atoms with van der Waals surface area (Å²) in [5.41, 5.74) is 1.13. The lowest BCUT2D eigenvalue weighted by Crippen LogP contribution is -2.37. The molecule has 0 unspecified atom stereocenters. The number of carbonyl (C=O) groups is 2. The predicted molar refractivity (Wildman–Crippen MR) is 94.1 cm³/mol. The number of amides is 2. The molecule has 0 spiro atoms. The monoisotopic (exact) mass is 342 g/mol. The van der Waals surface area contributed by atoms with Crippen molar-refractivity contribution < 1.29 is 14.3 Å². The van der Waals surface area contributed by atoms with Gasteiger partial charge in [0, 0.05) is 26.1 Å². The highest BCUT2D eigenvalue weighted by molar-refractivity contribution is 5.89. The maximum atomic E-state index is 13.1. The van der Waals surface area contributed by atoms with Gasteiger partial charge in [0.05, 0.1) is 19.1 Å². The van der Waals surface area contributed by atoms with Gasteiger partial charge in [0.2, 0.25) is 11.8 Å². The largest absolute Gasteiger partial charge is 0.497 e. The molecule has 5 heteroatoms. The second-order valence-corrected chi connectivity index (χ2v) is 7.61. The molecule has 0 bridgehead atoms. The molecule has 1 aliphatic carbocycles. The van der Waals surface area contributed by atoms with Gasteiger partial charge in [0.15, 0.2) is 0 Å². The summed E-state index contributed by atoms with van der Waals surface area (Å²) in [5.74, 6) is 1.63. The molecule has 3 aliphatic rings. The van der Waals surface area contributed by atoms with E-state index >= 15 is 0 Å². The number of hydrogen-bond donors (Lipinski definition) is 0. The number of rotatable bonds is 5. The molecule has 1 saturated carbocycles. The first kappa shape index (κ1) is 16.4. The highest BCUT2D eigenvalue weighted by Gasteiger charge is 2.41.